The molecule has 0 aliphatic carbocycles. The SMILES string of the molecule is Cc1cc(C)c(C(=O)Nc2ccc(Br)nc2C)cc1N. The molecule has 3 N–H and O–H groups in total. The van der Waals surface area contributed by atoms with Crippen LogP contribution < -0.4 is 11.1 Å². The van der Waals surface area contributed by atoms with Crippen molar-refractivity contribution in [3.8, 4) is 0 Å². The summed E-state index contributed by atoms with van der Waals surface area (Å²) in [5.74, 6) is -0.179. The topological polar surface area (TPSA) is 68.0 Å². The maximum Gasteiger partial charge on any atom is 0.256 e. The third kappa shape index (κ3) is 2.99. The summed E-state index contributed by atoms with van der Waals surface area (Å²) in [4.78, 5) is 16.6. The molecule has 0 atom stereocenters. The Labute approximate surface area is 126 Å². The maximum atomic E-state index is 12.3. The number of nitrogens with two attached hydrogens (primary N) is 1. The van der Waals surface area contributed by atoms with Crippen LogP contribution in [0.5, 0.6) is 0 Å². The molecule has 4 nitrogen and oxygen atoms in total. The lowest BCUT2D eigenvalue weighted by Gasteiger charge is -2.11. The molecule has 0 spiro atoms. The lowest BCUT2D eigenvalue weighted by Crippen LogP contribution is -2.15. The summed E-state index contributed by atoms with van der Waals surface area (Å²) >= 11 is 3.30. The molecule has 0 aliphatic heterocycles. The van der Waals surface area contributed by atoms with Gasteiger partial charge in [-0.15, -0.1) is 0 Å². The number of carbonyl (C=O) groups is 1. The molecule has 1 aromatic heterocycles. The number of benzene rings is 1. The zero-order valence-corrected chi connectivity index (χ0v) is 13.2. The molecule has 1 amide bonds. The van der Waals surface area contributed by atoms with Crippen LogP contribution in [0.4, 0.5) is 11.4 Å². The predicted molar refractivity (Wildman–Crippen MR) is 85.0 cm³/mol. The minimum atomic E-state index is -0.179. The van der Waals surface area contributed by atoms with E-state index in [2.05, 4.69) is 26.2 Å². The second-order valence-corrected chi connectivity index (χ2v) is 5.56. The molecule has 0 saturated carbocycles. The molecule has 0 fully saturated rings. The van der Waals surface area contributed by atoms with Gasteiger partial charge in [-0.05, 0) is 66.0 Å². The van der Waals surface area contributed by atoms with Crippen molar-refractivity contribution in [2.75, 3.05) is 11.1 Å². The molecule has 5 heteroatoms. The Morgan fingerprint density at radius 1 is 1.20 bits per heavy atom. The molecule has 0 saturated heterocycles. The quantitative estimate of drug-likeness (QED) is 0.651. The van der Waals surface area contributed by atoms with Crippen molar-refractivity contribution in [2.24, 2.45) is 0 Å². The van der Waals surface area contributed by atoms with Crippen LogP contribution in [0, 0.1) is 20.8 Å². The van der Waals surface area contributed by atoms with Crippen LogP contribution in [0.3, 0.4) is 0 Å². The van der Waals surface area contributed by atoms with Crippen LogP contribution in [0.1, 0.15) is 27.2 Å². The van der Waals surface area contributed by atoms with Crippen LogP contribution >= 0.6 is 15.9 Å². The molecule has 104 valence electrons. The summed E-state index contributed by atoms with van der Waals surface area (Å²) < 4.78 is 0.740. The molecule has 0 radical (unpaired) electrons. The first-order valence-electron chi connectivity index (χ1n) is 6.19. The normalized spacial score (nSPS) is 10.4. The highest BCUT2D eigenvalue weighted by Crippen LogP contribution is 2.21. The molecule has 0 unspecified atom stereocenters. The van der Waals surface area contributed by atoms with E-state index in [0.717, 1.165) is 21.4 Å². The Morgan fingerprint density at radius 2 is 1.90 bits per heavy atom. The number of pyridine rings is 1. The van der Waals surface area contributed by atoms with Gasteiger partial charge in [-0.25, -0.2) is 4.98 Å². The average molecular weight is 334 g/mol. The number of rotatable bonds is 2. The Hall–Kier alpha value is -1.88. The smallest absolute Gasteiger partial charge is 0.256 e. The molecule has 0 bridgehead atoms. The molecular formula is C15H16BrN3O. The van der Waals surface area contributed by atoms with Gasteiger partial charge in [-0.3, -0.25) is 4.79 Å². The first kappa shape index (κ1) is 14.5. The summed E-state index contributed by atoms with van der Waals surface area (Å²) in [5.41, 5.74) is 10.4. The zero-order chi connectivity index (χ0) is 14.9. The Balaban J connectivity index is 2.31. The highest BCUT2D eigenvalue weighted by atomic mass is 79.9. The fourth-order valence-electron chi connectivity index (χ4n) is 1.97. The van der Waals surface area contributed by atoms with Crippen molar-refractivity contribution in [3.05, 3.63) is 51.3 Å². The van der Waals surface area contributed by atoms with E-state index in [9.17, 15) is 4.79 Å². The highest BCUT2D eigenvalue weighted by Gasteiger charge is 2.12. The second-order valence-electron chi connectivity index (χ2n) is 4.74. The number of nitrogen functional groups attached to an aromatic ring is 1. The number of carbonyl (C=O) groups excluding carboxylic acids is 1. The van der Waals surface area contributed by atoms with Crippen LogP contribution in [-0.2, 0) is 0 Å². The van der Waals surface area contributed by atoms with Crippen molar-refractivity contribution < 1.29 is 4.79 Å². The van der Waals surface area contributed by atoms with E-state index in [4.69, 9.17) is 5.73 Å². The van der Waals surface area contributed by atoms with Gasteiger partial charge in [0.05, 0.1) is 11.4 Å². The van der Waals surface area contributed by atoms with E-state index in [0.29, 0.717) is 16.9 Å². The van der Waals surface area contributed by atoms with Crippen LogP contribution in [0.2, 0.25) is 0 Å². The van der Waals surface area contributed by atoms with Gasteiger partial charge in [0, 0.05) is 11.3 Å². The minimum Gasteiger partial charge on any atom is -0.398 e. The first-order valence-corrected chi connectivity index (χ1v) is 6.99. The number of amides is 1. The lowest BCUT2D eigenvalue weighted by atomic mass is 10.0. The summed E-state index contributed by atoms with van der Waals surface area (Å²) in [6.45, 7) is 5.66. The van der Waals surface area contributed by atoms with E-state index >= 15 is 0 Å². The van der Waals surface area contributed by atoms with Crippen LogP contribution in [0.25, 0.3) is 0 Å². The monoisotopic (exact) mass is 333 g/mol. The summed E-state index contributed by atoms with van der Waals surface area (Å²) in [5, 5.41) is 2.86. The summed E-state index contributed by atoms with van der Waals surface area (Å²) in [6.07, 6.45) is 0. The van der Waals surface area contributed by atoms with Gasteiger partial charge in [0.25, 0.3) is 5.91 Å². The van der Waals surface area contributed by atoms with Gasteiger partial charge < -0.3 is 11.1 Å². The number of nitrogens with zero attached hydrogens (tertiary/aromatic N) is 1. The van der Waals surface area contributed by atoms with Gasteiger partial charge in [0.2, 0.25) is 0 Å². The van der Waals surface area contributed by atoms with Gasteiger partial charge in [0.1, 0.15) is 4.60 Å². The zero-order valence-electron chi connectivity index (χ0n) is 11.6. The number of hydrogen-bond donors (Lipinski definition) is 2. The second kappa shape index (κ2) is 5.63. The number of hydrogen-bond acceptors (Lipinski definition) is 3. The Bertz CT molecular complexity index is 683. The number of aryl methyl sites for hydroxylation is 3. The van der Waals surface area contributed by atoms with Crippen molar-refractivity contribution in [1.29, 1.82) is 0 Å². The van der Waals surface area contributed by atoms with Crippen molar-refractivity contribution >= 4 is 33.2 Å². The Kier molecular flexibility index (Phi) is 4.09. The van der Waals surface area contributed by atoms with Gasteiger partial charge in [0.15, 0.2) is 0 Å². The van der Waals surface area contributed by atoms with E-state index in [1.807, 2.05) is 32.9 Å². The molecule has 2 aromatic rings. The van der Waals surface area contributed by atoms with Crippen molar-refractivity contribution in [1.82, 2.24) is 4.98 Å². The van der Waals surface area contributed by atoms with E-state index in [1.54, 1.807) is 12.1 Å². The van der Waals surface area contributed by atoms with E-state index in [-0.39, 0.29) is 5.91 Å². The highest BCUT2D eigenvalue weighted by molar-refractivity contribution is 9.10. The van der Waals surface area contributed by atoms with Gasteiger partial charge in [-0.1, -0.05) is 6.07 Å². The number of nitrogens with one attached hydrogen (secondary N) is 1. The molecular weight excluding hydrogens is 318 g/mol. The minimum absolute atomic E-state index is 0.179. The fourth-order valence-corrected chi connectivity index (χ4v) is 2.36. The first-order chi connectivity index (χ1) is 9.38. The third-order valence-electron chi connectivity index (χ3n) is 3.16. The fraction of sp³-hybridized carbons (Fsp3) is 0.200. The number of aromatic nitrogens is 1. The van der Waals surface area contributed by atoms with Gasteiger partial charge >= 0.3 is 0 Å². The number of halogens is 1. The maximum absolute atomic E-state index is 12.3. The van der Waals surface area contributed by atoms with Crippen molar-refractivity contribution in [2.45, 2.75) is 20.8 Å². The predicted octanol–water partition coefficient (Wildman–Crippen LogP) is 3.60. The van der Waals surface area contributed by atoms with E-state index < -0.39 is 0 Å². The molecule has 20 heavy (non-hydrogen) atoms. The van der Waals surface area contributed by atoms with Crippen molar-refractivity contribution in [3.63, 3.8) is 0 Å². The van der Waals surface area contributed by atoms with E-state index in [1.165, 1.54) is 0 Å². The molecule has 1 heterocycles. The van der Waals surface area contributed by atoms with Crippen LogP contribution in [0.15, 0.2) is 28.9 Å². The molecule has 0 aliphatic rings. The molecule has 1 aromatic carbocycles. The largest absolute Gasteiger partial charge is 0.398 e. The third-order valence-corrected chi connectivity index (χ3v) is 3.60. The van der Waals surface area contributed by atoms with Crippen LogP contribution in [-0.4, -0.2) is 10.9 Å². The summed E-state index contributed by atoms with van der Waals surface area (Å²) in [6, 6.07) is 7.23. The lowest BCUT2D eigenvalue weighted by molar-refractivity contribution is 0.102. The van der Waals surface area contributed by atoms with Gasteiger partial charge in [-0.2, -0.15) is 0 Å². The number of anilines is 2. The summed E-state index contributed by atoms with van der Waals surface area (Å²) in [7, 11) is 0. The molecule has 2 rings (SSSR count). The Morgan fingerprint density at radius 3 is 2.55 bits per heavy atom. The standard InChI is InChI=1S/C15H16BrN3O/c1-8-6-9(2)12(17)7-11(8)15(20)19-13-4-5-14(16)18-10(13)3/h4-7H,17H2,1-3H3,(H,19,20). The average Bonchev–Trinajstić information content (AvgIpc) is 2.37.